The number of hydrogen-bond acceptors (Lipinski definition) is 3. The predicted octanol–water partition coefficient (Wildman–Crippen LogP) is 0.129. The highest BCUT2D eigenvalue weighted by Crippen LogP contribution is 2.35. The van der Waals surface area contributed by atoms with Gasteiger partial charge in [-0.25, -0.2) is 0 Å². The van der Waals surface area contributed by atoms with Crippen LogP contribution in [0.2, 0.25) is 0 Å². The fourth-order valence-electron chi connectivity index (χ4n) is 1.64. The van der Waals surface area contributed by atoms with Crippen LogP contribution < -0.4 is 5.73 Å². The van der Waals surface area contributed by atoms with Crippen molar-refractivity contribution in [3.05, 3.63) is 0 Å². The number of nitrogens with two attached hydrogens (primary N) is 1. The molecule has 0 bridgehead atoms. The summed E-state index contributed by atoms with van der Waals surface area (Å²) < 4.78 is 0. The Morgan fingerprint density at radius 3 is 2.54 bits per heavy atom. The van der Waals surface area contributed by atoms with Crippen LogP contribution in [0.25, 0.3) is 0 Å². The van der Waals surface area contributed by atoms with Crippen molar-refractivity contribution in [2.24, 2.45) is 11.7 Å². The molecule has 0 spiro atoms. The highest BCUT2D eigenvalue weighted by molar-refractivity contribution is 5.73. The molecule has 0 aromatic carbocycles. The number of aliphatic carboxylic acids is 1. The number of carboxylic acid groups (broad SMARTS) is 1. The van der Waals surface area contributed by atoms with E-state index in [1.807, 2.05) is 11.9 Å². The molecule has 1 fully saturated rings. The third-order valence-electron chi connectivity index (χ3n) is 2.95. The molecule has 0 heterocycles. The zero-order valence-corrected chi connectivity index (χ0v) is 8.23. The Hall–Kier alpha value is -0.610. The van der Waals surface area contributed by atoms with Crippen LogP contribution in [0, 0.1) is 5.92 Å². The molecule has 1 saturated carbocycles. The lowest BCUT2D eigenvalue weighted by molar-refractivity contribution is -0.143. The first-order valence-electron chi connectivity index (χ1n) is 4.72. The van der Waals surface area contributed by atoms with Crippen molar-refractivity contribution >= 4 is 5.97 Å². The fourth-order valence-corrected chi connectivity index (χ4v) is 1.64. The second-order valence-electron chi connectivity index (χ2n) is 3.83. The van der Waals surface area contributed by atoms with Gasteiger partial charge in [0, 0.05) is 12.6 Å². The lowest BCUT2D eigenvalue weighted by Gasteiger charge is -2.29. The van der Waals surface area contributed by atoms with E-state index < -0.39 is 12.0 Å². The van der Waals surface area contributed by atoms with Gasteiger partial charge in [-0.05, 0) is 32.7 Å². The molecule has 76 valence electrons. The van der Waals surface area contributed by atoms with Crippen molar-refractivity contribution in [1.82, 2.24) is 4.90 Å². The van der Waals surface area contributed by atoms with Crippen LogP contribution in [0.15, 0.2) is 0 Å². The minimum atomic E-state index is -0.822. The number of carboxylic acids is 1. The van der Waals surface area contributed by atoms with E-state index in [1.165, 1.54) is 12.8 Å². The minimum Gasteiger partial charge on any atom is -0.480 e. The maximum absolute atomic E-state index is 10.8. The molecule has 0 aromatic rings. The number of hydrogen-bond donors (Lipinski definition) is 2. The van der Waals surface area contributed by atoms with E-state index in [9.17, 15) is 4.79 Å². The maximum Gasteiger partial charge on any atom is 0.322 e. The largest absolute Gasteiger partial charge is 0.480 e. The zero-order chi connectivity index (χ0) is 10.0. The maximum atomic E-state index is 10.8. The first kappa shape index (κ1) is 10.5. The Balaban J connectivity index is 2.51. The molecular weight excluding hydrogens is 168 g/mol. The van der Waals surface area contributed by atoms with Crippen LogP contribution in [0.1, 0.15) is 19.8 Å². The van der Waals surface area contributed by atoms with Crippen LogP contribution in [0.4, 0.5) is 0 Å². The number of carbonyl (C=O) groups is 1. The molecule has 1 aliphatic rings. The van der Waals surface area contributed by atoms with Gasteiger partial charge in [0.2, 0.25) is 0 Å². The summed E-state index contributed by atoms with van der Waals surface area (Å²) in [6, 6.07) is -0.194. The average molecular weight is 186 g/mol. The molecule has 2 atom stereocenters. The van der Waals surface area contributed by atoms with Crippen LogP contribution in [0.3, 0.4) is 0 Å². The van der Waals surface area contributed by atoms with Crippen LogP contribution in [0.5, 0.6) is 0 Å². The molecule has 0 aromatic heterocycles. The summed E-state index contributed by atoms with van der Waals surface area (Å²) in [5.74, 6) is -0.143. The van der Waals surface area contributed by atoms with Crippen molar-refractivity contribution in [2.75, 3.05) is 13.6 Å². The Labute approximate surface area is 78.7 Å². The summed E-state index contributed by atoms with van der Waals surface area (Å²) in [4.78, 5) is 12.7. The molecule has 0 saturated heterocycles. The monoisotopic (exact) mass is 186 g/mol. The Morgan fingerprint density at radius 1 is 1.69 bits per heavy atom. The molecule has 2 unspecified atom stereocenters. The van der Waals surface area contributed by atoms with Crippen LogP contribution in [-0.2, 0) is 4.79 Å². The number of rotatable bonds is 5. The molecule has 13 heavy (non-hydrogen) atoms. The van der Waals surface area contributed by atoms with Crippen molar-refractivity contribution in [2.45, 2.75) is 31.8 Å². The van der Waals surface area contributed by atoms with E-state index in [1.54, 1.807) is 0 Å². The van der Waals surface area contributed by atoms with Crippen molar-refractivity contribution in [3.8, 4) is 0 Å². The SMILES string of the molecule is CC(C1CC1)N(C)C(CN)C(=O)O. The van der Waals surface area contributed by atoms with Gasteiger partial charge in [0.15, 0.2) is 0 Å². The predicted molar refractivity (Wildman–Crippen MR) is 50.4 cm³/mol. The first-order valence-corrected chi connectivity index (χ1v) is 4.72. The van der Waals surface area contributed by atoms with Gasteiger partial charge in [0.25, 0.3) is 0 Å². The van der Waals surface area contributed by atoms with Crippen molar-refractivity contribution in [3.63, 3.8) is 0 Å². The summed E-state index contributed by atoms with van der Waals surface area (Å²) >= 11 is 0. The van der Waals surface area contributed by atoms with E-state index in [0.29, 0.717) is 12.0 Å². The first-order chi connectivity index (χ1) is 6.07. The van der Waals surface area contributed by atoms with Gasteiger partial charge in [-0.3, -0.25) is 9.69 Å². The average Bonchev–Trinajstić information content (AvgIpc) is 2.85. The second kappa shape index (κ2) is 4.07. The summed E-state index contributed by atoms with van der Waals surface area (Å²) in [5, 5.41) is 8.87. The van der Waals surface area contributed by atoms with Crippen LogP contribution >= 0.6 is 0 Å². The third kappa shape index (κ3) is 2.42. The zero-order valence-electron chi connectivity index (χ0n) is 8.23. The molecule has 4 heteroatoms. The van der Waals surface area contributed by atoms with Crippen LogP contribution in [-0.4, -0.2) is 41.7 Å². The molecule has 1 rings (SSSR count). The molecule has 1 aliphatic carbocycles. The number of likely N-dealkylation sites (N-methyl/N-ethyl adjacent to an activating group) is 1. The fraction of sp³-hybridized carbons (Fsp3) is 0.889. The van der Waals surface area contributed by atoms with Gasteiger partial charge in [-0.15, -0.1) is 0 Å². The quantitative estimate of drug-likeness (QED) is 0.640. The van der Waals surface area contributed by atoms with E-state index >= 15 is 0 Å². The van der Waals surface area contributed by atoms with E-state index in [2.05, 4.69) is 6.92 Å². The second-order valence-corrected chi connectivity index (χ2v) is 3.83. The lowest BCUT2D eigenvalue weighted by atomic mass is 10.1. The summed E-state index contributed by atoms with van der Waals surface area (Å²) in [6.07, 6.45) is 2.45. The molecule has 3 N–H and O–H groups in total. The topological polar surface area (TPSA) is 66.6 Å². The normalized spacial score (nSPS) is 21.5. The van der Waals surface area contributed by atoms with Gasteiger partial charge < -0.3 is 10.8 Å². The van der Waals surface area contributed by atoms with Crippen molar-refractivity contribution < 1.29 is 9.90 Å². The van der Waals surface area contributed by atoms with E-state index in [-0.39, 0.29) is 6.54 Å². The Morgan fingerprint density at radius 2 is 2.23 bits per heavy atom. The molecule has 4 nitrogen and oxygen atoms in total. The smallest absolute Gasteiger partial charge is 0.322 e. The molecule has 0 amide bonds. The van der Waals surface area contributed by atoms with Gasteiger partial charge in [-0.2, -0.15) is 0 Å². The van der Waals surface area contributed by atoms with Gasteiger partial charge >= 0.3 is 5.97 Å². The highest BCUT2D eigenvalue weighted by atomic mass is 16.4. The summed E-state index contributed by atoms with van der Waals surface area (Å²) in [7, 11) is 1.84. The van der Waals surface area contributed by atoms with Gasteiger partial charge in [0.1, 0.15) is 6.04 Å². The highest BCUT2D eigenvalue weighted by Gasteiger charge is 2.34. The minimum absolute atomic E-state index is 0.183. The summed E-state index contributed by atoms with van der Waals surface area (Å²) in [6.45, 7) is 2.26. The Bertz CT molecular complexity index is 192. The lowest BCUT2D eigenvalue weighted by Crippen LogP contribution is -2.48. The van der Waals surface area contributed by atoms with Crippen molar-refractivity contribution in [1.29, 1.82) is 0 Å². The van der Waals surface area contributed by atoms with E-state index in [4.69, 9.17) is 10.8 Å². The number of nitrogens with zero attached hydrogens (tertiary/aromatic N) is 1. The van der Waals surface area contributed by atoms with Gasteiger partial charge in [0.05, 0.1) is 0 Å². The van der Waals surface area contributed by atoms with Gasteiger partial charge in [-0.1, -0.05) is 0 Å². The standard InChI is InChI=1S/C9H18N2O2/c1-6(7-3-4-7)11(2)8(5-10)9(12)13/h6-8H,3-5,10H2,1-2H3,(H,12,13). The van der Waals surface area contributed by atoms with E-state index in [0.717, 1.165) is 0 Å². The summed E-state index contributed by atoms with van der Waals surface area (Å²) in [5.41, 5.74) is 5.41. The molecular formula is C9H18N2O2. The Kier molecular flexibility index (Phi) is 3.27. The third-order valence-corrected chi connectivity index (χ3v) is 2.95. The molecule has 0 aliphatic heterocycles. The molecule has 0 radical (unpaired) electrons.